The summed E-state index contributed by atoms with van der Waals surface area (Å²) in [6.07, 6.45) is -1.04. The average molecular weight is 360 g/mol. The molecule has 1 aliphatic carbocycles. The van der Waals surface area contributed by atoms with Gasteiger partial charge in [0.2, 0.25) is 0 Å². The van der Waals surface area contributed by atoms with Crippen molar-refractivity contribution in [3.63, 3.8) is 0 Å². The number of carboxylic acid groups (broad SMARTS) is 1. The SMILES string of the molecule is CN1CCN(C(=O)NC2CC2)Cc2cccnc21.O=C(O)C(F)(F)F. The highest BCUT2D eigenvalue weighted by Crippen LogP contribution is 2.23. The second kappa shape index (κ2) is 7.58. The fourth-order valence-corrected chi connectivity index (χ4v) is 2.23. The molecule has 2 aliphatic rings. The topological polar surface area (TPSA) is 85.8 Å². The Balaban J connectivity index is 0.000000277. The zero-order valence-electron chi connectivity index (χ0n) is 13.6. The number of hydrogen-bond acceptors (Lipinski definition) is 4. The summed E-state index contributed by atoms with van der Waals surface area (Å²) in [7, 11) is 2.02. The number of fused-ring (bicyclic) bond motifs is 1. The lowest BCUT2D eigenvalue weighted by Crippen LogP contribution is -2.42. The zero-order valence-corrected chi connectivity index (χ0v) is 13.6. The molecule has 10 heteroatoms. The molecule has 3 rings (SSSR count). The predicted molar refractivity (Wildman–Crippen MR) is 83.2 cm³/mol. The van der Waals surface area contributed by atoms with Crippen molar-refractivity contribution in [1.29, 1.82) is 0 Å². The number of carbonyl (C=O) groups excluding carboxylic acids is 1. The number of rotatable bonds is 1. The zero-order chi connectivity index (χ0) is 18.6. The predicted octanol–water partition coefficient (Wildman–Crippen LogP) is 1.84. The number of likely N-dealkylation sites (N-methyl/N-ethyl adjacent to an activating group) is 1. The van der Waals surface area contributed by atoms with Gasteiger partial charge < -0.3 is 20.2 Å². The van der Waals surface area contributed by atoms with Crippen LogP contribution in [0.1, 0.15) is 18.4 Å². The Hall–Kier alpha value is -2.52. The third-order valence-corrected chi connectivity index (χ3v) is 3.73. The number of anilines is 1. The molecule has 2 amide bonds. The van der Waals surface area contributed by atoms with Crippen molar-refractivity contribution < 1.29 is 27.9 Å². The molecule has 0 radical (unpaired) electrons. The van der Waals surface area contributed by atoms with Crippen LogP contribution in [0.15, 0.2) is 18.3 Å². The summed E-state index contributed by atoms with van der Waals surface area (Å²) >= 11 is 0. The number of amides is 2. The number of carbonyl (C=O) groups is 2. The Labute approximate surface area is 142 Å². The lowest BCUT2D eigenvalue weighted by Gasteiger charge is -2.21. The molecule has 0 bridgehead atoms. The summed E-state index contributed by atoms with van der Waals surface area (Å²) in [4.78, 5) is 29.4. The third-order valence-electron chi connectivity index (χ3n) is 3.73. The number of alkyl halides is 3. The molecule has 0 aromatic carbocycles. The highest BCUT2D eigenvalue weighted by Gasteiger charge is 2.38. The smallest absolute Gasteiger partial charge is 0.475 e. The van der Waals surface area contributed by atoms with Crippen LogP contribution in [0.4, 0.5) is 23.8 Å². The first-order valence-electron chi connectivity index (χ1n) is 7.69. The number of aromatic nitrogens is 1. The standard InChI is InChI=1S/C13H18N4O.C2HF3O2/c1-16-7-8-17(13(18)15-11-4-5-11)9-10-3-2-6-14-12(10)16;3-2(4,5)1(6)7/h2-3,6,11H,4-5,7-9H2,1H3,(H,15,18);(H,6,7). The van der Waals surface area contributed by atoms with Crippen molar-refractivity contribution in [1.82, 2.24) is 15.2 Å². The Morgan fingerprint density at radius 3 is 2.52 bits per heavy atom. The highest BCUT2D eigenvalue weighted by molar-refractivity contribution is 5.75. The average Bonchev–Trinajstić information content (AvgIpc) is 3.35. The van der Waals surface area contributed by atoms with E-state index in [9.17, 15) is 18.0 Å². The molecule has 0 atom stereocenters. The minimum absolute atomic E-state index is 0.0580. The van der Waals surface area contributed by atoms with Crippen LogP contribution in [-0.2, 0) is 11.3 Å². The van der Waals surface area contributed by atoms with Crippen LogP contribution in [-0.4, -0.2) is 59.3 Å². The molecule has 1 aliphatic heterocycles. The Kier molecular flexibility index (Phi) is 5.70. The van der Waals surface area contributed by atoms with Gasteiger partial charge in [0.15, 0.2) is 0 Å². The first kappa shape index (κ1) is 18.8. The summed E-state index contributed by atoms with van der Waals surface area (Å²) in [5, 5.41) is 10.2. The van der Waals surface area contributed by atoms with Crippen LogP contribution in [0.3, 0.4) is 0 Å². The van der Waals surface area contributed by atoms with E-state index in [1.165, 1.54) is 0 Å². The third kappa shape index (κ3) is 5.50. The van der Waals surface area contributed by atoms with E-state index in [2.05, 4.69) is 15.2 Å². The van der Waals surface area contributed by atoms with E-state index in [0.717, 1.165) is 37.3 Å². The van der Waals surface area contributed by atoms with Crippen molar-refractivity contribution >= 4 is 17.8 Å². The van der Waals surface area contributed by atoms with E-state index in [1.807, 2.05) is 24.1 Å². The summed E-state index contributed by atoms with van der Waals surface area (Å²) in [5.74, 6) is -1.77. The lowest BCUT2D eigenvalue weighted by molar-refractivity contribution is -0.192. The molecule has 1 fully saturated rings. The molecule has 2 N–H and O–H groups in total. The molecule has 1 aromatic heterocycles. The van der Waals surface area contributed by atoms with Gasteiger partial charge in [0, 0.05) is 37.9 Å². The molecule has 7 nitrogen and oxygen atoms in total. The van der Waals surface area contributed by atoms with Crippen LogP contribution in [0.5, 0.6) is 0 Å². The van der Waals surface area contributed by atoms with Crippen LogP contribution in [0.25, 0.3) is 0 Å². The quantitative estimate of drug-likeness (QED) is 0.798. The maximum atomic E-state index is 12.1. The van der Waals surface area contributed by atoms with Gasteiger partial charge >= 0.3 is 18.2 Å². The fraction of sp³-hybridized carbons (Fsp3) is 0.533. The van der Waals surface area contributed by atoms with Gasteiger partial charge in [-0.1, -0.05) is 6.07 Å². The van der Waals surface area contributed by atoms with Crippen molar-refractivity contribution in [2.75, 3.05) is 25.0 Å². The van der Waals surface area contributed by atoms with Crippen LogP contribution >= 0.6 is 0 Å². The summed E-state index contributed by atoms with van der Waals surface area (Å²) in [6.45, 7) is 2.21. The van der Waals surface area contributed by atoms with Crippen LogP contribution in [0, 0.1) is 0 Å². The highest BCUT2D eigenvalue weighted by atomic mass is 19.4. The molecular weight excluding hydrogens is 341 g/mol. The van der Waals surface area contributed by atoms with Gasteiger partial charge in [0.05, 0.1) is 6.54 Å². The maximum absolute atomic E-state index is 12.1. The van der Waals surface area contributed by atoms with Gasteiger partial charge in [-0.2, -0.15) is 13.2 Å². The van der Waals surface area contributed by atoms with Crippen molar-refractivity contribution in [2.24, 2.45) is 0 Å². The normalized spacial score (nSPS) is 17.0. The molecule has 0 spiro atoms. The van der Waals surface area contributed by atoms with Crippen molar-refractivity contribution in [3.05, 3.63) is 23.9 Å². The first-order chi connectivity index (χ1) is 11.7. The molecule has 25 heavy (non-hydrogen) atoms. The van der Waals surface area contributed by atoms with E-state index in [4.69, 9.17) is 9.90 Å². The van der Waals surface area contributed by atoms with Gasteiger partial charge in [0.25, 0.3) is 0 Å². The maximum Gasteiger partial charge on any atom is 0.490 e. The molecular formula is C15H19F3N4O3. The number of nitrogens with zero attached hydrogens (tertiary/aromatic N) is 3. The van der Waals surface area contributed by atoms with Crippen molar-refractivity contribution in [3.8, 4) is 0 Å². The number of halogens is 3. The van der Waals surface area contributed by atoms with Gasteiger partial charge in [-0.25, -0.2) is 14.6 Å². The largest absolute Gasteiger partial charge is 0.490 e. The van der Waals surface area contributed by atoms with Crippen LogP contribution < -0.4 is 10.2 Å². The lowest BCUT2D eigenvalue weighted by atomic mass is 10.2. The minimum Gasteiger partial charge on any atom is -0.475 e. The van der Waals surface area contributed by atoms with Gasteiger partial charge in [-0.3, -0.25) is 0 Å². The van der Waals surface area contributed by atoms with E-state index < -0.39 is 12.1 Å². The molecule has 0 unspecified atom stereocenters. The molecule has 1 aromatic rings. The van der Waals surface area contributed by atoms with E-state index >= 15 is 0 Å². The first-order valence-corrected chi connectivity index (χ1v) is 7.69. The summed E-state index contributed by atoms with van der Waals surface area (Å²) < 4.78 is 31.7. The van der Waals surface area contributed by atoms with Gasteiger partial charge in [-0.15, -0.1) is 0 Å². The van der Waals surface area contributed by atoms with E-state index in [-0.39, 0.29) is 6.03 Å². The second-order valence-corrected chi connectivity index (χ2v) is 5.86. The molecule has 1 saturated carbocycles. The molecule has 2 heterocycles. The Morgan fingerprint density at radius 2 is 1.96 bits per heavy atom. The summed E-state index contributed by atoms with van der Waals surface area (Å²) in [6, 6.07) is 4.44. The molecule has 0 saturated heterocycles. The van der Waals surface area contributed by atoms with Gasteiger partial charge in [0.1, 0.15) is 5.82 Å². The number of nitrogens with one attached hydrogen (secondary N) is 1. The van der Waals surface area contributed by atoms with E-state index in [0.29, 0.717) is 12.6 Å². The second-order valence-electron chi connectivity index (χ2n) is 5.86. The Morgan fingerprint density at radius 1 is 1.32 bits per heavy atom. The number of hydrogen-bond donors (Lipinski definition) is 2. The summed E-state index contributed by atoms with van der Waals surface area (Å²) in [5.41, 5.74) is 1.11. The number of pyridine rings is 1. The van der Waals surface area contributed by atoms with E-state index in [1.54, 1.807) is 6.20 Å². The number of aliphatic carboxylic acids is 1. The van der Waals surface area contributed by atoms with Crippen molar-refractivity contribution in [2.45, 2.75) is 31.6 Å². The number of urea groups is 1. The van der Waals surface area contributed by atoms with Gasteiger partial charge in [-0.05, 0) is 18.9 Å². The fourth-order valence-electron chi connectivity index (χ4n) is 2.23. The Bertz CT molecular complexity index is 635. The number of carboxylic acids is 1. The molecule has 138 valence electrons. The monoisotopic (exact) mass is 360 g/mol. The van der Waals surface area contributed by atoms with Crippen LogP contribution in [0.2, 0.25) is 0 Å². The minimum atomic E-state index is -5.08.